The first-order valence-corrected chi connectivity index (χ1v) is 5.50. The van der Waals surface area contributed by atoms with Crippen molar-refractivity contribution >= 4 is 33.5 Å². The Kier molecular flexibility index (Phi) is 3.32. The van der Waals surface area contributed by atoms with Crippen molar-refractivity contribution in [3.63, 3.8) is 0 Å². The smallest absolute Gasteiger partial charge is 0.310 e. The van der Waals surface area contributed by atoms with Crippen LogP contribution in [0.2, 0.25) is 0 Å². The van der Waals surface area contributed by atoms with Crippen molar-refractivity contribution in [3.8, 4) is 5.19 Å². The van der Waals surface area contributed by atoms with Crippen molar-refractivity contribution in [2.24, 2.45) is 0 Å². The number of nitrogens with one attached hydrogen (secondary N) is 1. The second-order valence-electron chi connectivity index (χ2n) is 2.04. The number of amides is 1. The summed E-state index contributed by atoms with van der Waals surface area (Å²) >= 11 is -0.401. The number of nitrogens with zero attached hydrogens (tertiary/aromatic N) is 2. The summed E-state index contributed by atoms with van der Waals surface area (Å²) in [5, 5.41) is 10.1. The third-order valence-electron chi connectivity index (χ3n) is 0.878. The van der Waals surface area contributed by atoms with Crippen molar-refractivity contribution < 1.29 is 13.2 Å². The van der Waals surface area contributed by atoms with Gasteiger partial charge in [-0.2, -0.15) is 0 Å². The fraction of sp³-hybridized carbons (Fsp3) is 0.400. The summed E-state index contributed by atoms with van der Waals surface area (Å²) in [5.41, 5.74) is 0. The van der Waals surface area contributed by atoms with Gasteiger partial charge in [-0.05, 0) is 11.3 Å². The van der Waals surface area contributed by atoms with Crippen molar-refractivity contribution in [2.75, 3.05) is 11.6 Å². The van der Waals surface area contributed by atoms with E-state index in [9.17, 15) is 9.00 Å². The van der Waals surface area contributed by atoms with E-state index < -0.39 is 11.1 Å². The van der Waals surface area contributed by atoms with Gasteiger partial charge in [0.05, 0.1) is 0 Å². The highest BCUT2D eigenvalue weighted by molar-refractivity contribution is 7.79. The van der Waals surface area contributed by atoms with Crippen LogP contribution in [0.5, 0.6) is 5.19 Å². The SMILES string of the molecule is CC(=O)Nc1nnc(OS(C)=O)s1. The third-order valence-corrected chi connectivity index (χ3v) is 2.09. The molecule has 0 radical (unpaired) electrons. The topological polar surface area (TPSA) is 81.2 Å². The van der Waals surface area contributed by atoms with Crippen LogP contribution in [0.15, 0.2) is 0 Å². The van der Waals surface area contributed by atoms with Gasteiger partial charge in [-0.25, -0.2) is 4.21 Å². The third kappa shape index (κ3) is 3.47. The molecule has 6 nitrogen and oxygen atoms in total. The van der Waals surface area contributed by atoms with E-state index in [1.54, 1.807) is 0 Å². The van der Waals surface area contributed by atoms with Crippen LogP contribution in [0.3, 0.4) is 0 Å². The van der Waals surface area contributed by atoms with Gasteiger partial charge < -0.3 is 9.50 Å². The average Bonchev–Trinajstić information content (AvgIpc) is 2.33. The van der Waals surface area contributed by atoms with Gasteiger partial charge in [0.25, 0.3) is 0 Å². The largest absolute Gasteiger partial charge is 0.368 e. The molecule has 1 aromatic rings. The average molecular weight is 221 g/mol. The molecule has 8 heteroatoms. The summed E-state index contributed by atoms with van der Waals surface area (Å²) < 4.78 is 15.3. The minimum Gasteiger partial charge on any atom is -0.368 e. The van der Waals surface area contributed by atoms with Gasteiger partial charge in [0.1, 0.15) is 0 Å². The summed E-state index contributed by atoms with van der Waals surface area (Å²) in [4.78, 5) is 10.6. The maximum absolute atomic E-state index is 10.6. The summed E-state index contributed by atoms with van der Waals surface area (Å²) in [6, 6.07) is 0. The van der Waals surface area contributed by atoms with Gasteiger partial charge in [-0.1, -0.05) is 5.10 Å². The van der Waals surface area contributed by atoms with Crippen LogP contribution in [0, 0.1) is 0 Å². The number of carbonyl (C=O) groups excluding carboxylic acids is 1. The fourth-order valence-corrected chi connectivity index (χ4v) is 1.73. The second kappa shape index (κ2) is 4.28. The number of hydrogen-bond donors (Lipinski definition) is 1. The lowest BCUT2D eigenvalue weighted by Gasteiger charge is -1.92. The maximum Gasteiger partial charge on any atom is 0.310 e. The van der Waals surface area contributed by atoms with Crippen LogP contribution >= 0.6 is 11.3 Å². The first-order chi connectivity index (χ1) is 6.08. The molecule has 0 aliphatic carbocycles. The molecule has 1 aromatic heterocycles. The Morgan fingerprint density at radius 3 is 2.85 bits per heavy atom. The van der Waals surface area contributed by atoms with E-state index >= 15 is 0 Å². The Morgan fingerprint density at radius 1 is 1.62 bits per heavy atom. The summed E-state index contributed by atoms with van der Waals surface area (Å²) in [7, 11) is 0. The molecule has 1 atom stereocenters. The Balaban J connectivity index is 2.63. The van der Waals surface area contributed by atoms with Crippen molar-refractivity contribution in [3.05, 3.63) is 0 Å². The molecule has 0 saturated carbocycles. The number of carbonyl (C=O) groups is 1. The van der Waals surface area contributed by atoms with Crippen LogP contribution in [-0.2, 0) is 15.9 Å². The van der Waals surface area contributed by atoms with Crippen LogP contribution in [0.1, 0.15) is 6.92 Å². The quantitative estimate of drug-likeness (QED) is 0.786. The van der Waals surface area contributed by atoms with E-state index in [0.29, 0.717) is 5.13 Å². The molecule has 1 unspecified atom stereocenters. The van der Waals surface area contributed by atoms with E-state index in [-0.39, 0.29) is 11.1 Å². The van der Waals surface area contributed by atoms with Gasteiger partial charge in [0, 0.05) is 13.2 Å². The molecule has 72 valence electrons. The molecule has 0 aliphatic rings. The zero-order valence-corrected chi connectivity index (χ0v) is 8.57. The zero-order chi connectivity index (χ0) is 9.84. The van der Waals surface area contributed by atoms with Crippen molar-refractivity contribution in [1.82, 2.24) is 10.2 Å². The van der Waals surface area contributed by atoms with Crippen molar-refractivity contribution in [2.45, 2.75) is 6.92 Å². The summed E-state index contributed by atoms with van der Waals surface area (Å²) in [6.07, 6.45) is 1.37. The molecule has 0 saturated heterocycles. The predicted molar refractivity (Wildman–Crippen MR) is 48.9 cm³/mol. The number of aromatic nitrogens is 2. The molecule has 0 fully saturated rings. The lowest BCUT2D eigenvalue weighted by atomic mass is 10.7. The summed E-state index contributed by atoms with van der Waals surface area (Å²) in [5.74, 6) is -0.236. The summed E-state index contributed by atoms with van der Waals surface area (Å²) in [6.45, 7) is 1.36. The van der Waals surface area contributed by atoms with Crippen LogP contribution in [0.25, 0.3) is 0 Å². The van der Waals surface area contributed by atoms with Gasteiger partial charge in [-0.3, -0.25) is 4.79 Å². The van der Waals surface area contributed by atoms with E-state index in [4.69, 9.17) is 4.18 Å². The highest BCUT2D eigenvalue weighted by Crippen LogP contribution is 2.22. The molecule has 0 spiro atoms. The van der Waals surface area contributed by atoms with E-state index in [0.717, 1.165) is 11.3 Å². The predicted octanol–water partition coefficient (Wildman–Crippen LogP) is 0.169. The number of hydrogen-bond acceptors (Lipinski definition) is 6. The fourth-order valence-electron chi connectivity index (χ4n) is 0.545. The first-order valence-electron chi connectivity index (χ1n) is 3.21. The highest BCUT2D eigenvalue weighted by atomic mass is 32.2. The minimum atomic E-state index is -1.42. The zero-order valence-electron chi connectivity index (χ0n) is 6.94. The number of rotatable bonds is 3. The van der Waals surface area contributed by atoms with E-state index in [1.165, 1.54) is 13.2 Å². The van der Waals surface area contributed by atoms with Crippen LogP contribution in [-0.4, -0.2) is 26.6 Å². The van der Waals surface area contributed by atoms with Crippen LogP contribution in [0.4, 0.5) is 5.13 Å². The van der Waals surface area contributed by atoms with Crippen molar-refractivity contribution in [1.29, 1.82) is 0 Å². The Labute approximate surface area is 81.0 Å². The standard InChI is InChI=1S/C5H7N3O3S2/c1-3(9)6-4-7-8-5(12-4)11-13(2)10/h1-2H3,(H,6,7,9). The molecule has 13 heavy (non-hydrogen) atoms. The Bertz CT molecular complexity index is 307. The molecular weight excluding hydrogens is 214 g/mol. The maximum atomic E-state index is 10.6. The molecule has 0 bridgehead atoms. The van der Waals surface area contributed by atoms with E-state index in [2.05, 4.69) is 15.5 Å². The highest BCUT2D eigenvalue weighted by Gasteiger charge is 2.07. The Hall–Kier alpha value is -1.02. The molecule has 1 rings (SSSR count). The van der Waals surface area contributed by atoms with Crippen LogP contribution < -0.4 is 9.50 Å². The van der Waals surface area contributed by atoms with Gasteiger partial charge in [-0.15, -0.1) is 5.10 Å². The van der Waals surface area contributed by atoms with Gasteiger partial charge in [0.15, 0.2) is 0 Å². The lowest BCUT2D eigenvalue weighted by Crippen LogP contribution is -2.04. The lowest BCUT2D eigenvalue weighted by molar-refractivity contribution is -0.114. The molecule has 0 aromatic carbocycles. The molecule has 0 aliphatic heterocycles. The normalized spacial score (nSPS) is 12.2. The minimum absolute atomic E-state index is 0.171. The monoisotopic (exact) mass is 221 g/mol. The van der Waals surface area contributed by atoms with Gasteiger partial charge in [0.2, 0.25) is 22.1 Å². The number of anilines is 1. The van der Waals surface area contributed by atoms with Gasteiger partial charge >= 0.3 is 5.19 Å². The molecule has 1 heterocycles. The molecule has 1 amide bonds. The molecule has 1 N–H and O–H groups in total. The first kappa shape index (κ1) is 10.1. The second-order valence-corrected chi connectivity index (χ2v) is 3.95. The van der Waals surface area contributed by atoms with E-state index in [1.807, 2.05) is 0 Å². The Morgan fingerprint density at radius 2 is 2.31 bits per heavy atom. The molecular formula is C5H7N3O3S2.